The van der Waals surface area contributed by atoms with E-state index < -0.39 is 0 Å². The maximum Gasteiger partial charge on any atom is 0.166 e. The van der Waals surface area contributed by atoms with Crippen LogP contribution >= 0.6 is 0 Å². The lowest BCUT2D eigenvalue weighted by atomic mass is 10.1. The van der Waals surface area contributed by atoms with Gasteiger partial charge in [0.25, 0.3) is 0 Å². The second-order valence-corrected chi connectivity index (χ2v) is 5.84. The number of para-hydroxylation sites is 1. The van der Waals surface area contributed by atoms with E-state index in [2.05, 4.69) is 38.7 Å². The molecule has 1 aromatic rings. The van der Waals surface area contributed by atoms with Gasteiger partial charge in [-0.2, -0.15) is 0 Å². The molecule has 0 spiro atoms. The predicted molar refractivity (Wildman–Crippen MR) is 84.5 cm³/mol. The molecule has 1 aromatic carbocycles. The van der Waals surface area contributed by atoms with Crippen molar-refractivity contribution in [3.8, 4) is 11.5 Å². The van der Waals surface area contributed by atoms with Gasteiger partial charge in [-0.1, -0.05) is 24.8 Å². The Bertz CT molecular complexity index is 435. The molecule has 1 N–H and O–H groups in total. The fourth-order valence-electron chi connectivity index (χ4n) is 1.70. The predicted octanol–water partition coefficient (Wildman–Crippen LogP) is 3.93. The van der Waals surface area contributed by atoms with Gasteiger partial charge in [0.1, 0.15) is 6.10 Å². The number of hydrogen-bond donors (Lipinski definition) is 1. The van der Waals surface area contributed by atoms with Gasteiger partial charge in [-0.3, -0.25) is 0 Å². The molecule has 0 aromatic heterocycles. The van der Waals surface area contributed by atoms with Crippen molar-refractivity contribution >= 4 is 0 Å². The minimum atomic E-state index is -0.0509. The van der Waals surface area contributed by atoms with Gasteiger partial charge >= 0.3 is 0 Å². The standard InChI is InChI=1S/C17H27NO2/c1-7-13(3)20-16-14(12-18-17(4,5)6)10-9-11-15(16)19-8-2/h7,9-11,13,18H,1,8,12H2,2-6H3. The fraction of sp³-hybridized carbons (Fsp3) is 0.529. The zero-order valence-corrected chi connectivity index (χ0v) is 13.3. The van der Waals surface area contributed by atoms with Crippen LogP contribution in [0.5, 0.6) is 11.5 Å². The van der Waals surface area contributed by atoms with Gasteiger partial charge in [0.05, 0.1) is 6.61 Å². The zero-order valence-electron chi connectivity index (χ0n) is 13.3. The third kappa shape index (κ3) is 5.25. The summed E-state index contributed by atoms with van der Waals surface area (Å²) in [6.45, 7) is 15.5. The summed E-state index contributed by atoms with van der Waals surface area (Å²) in [6.07, 6.45) is 1.73. The Morgan fingerprint density at radius 2 is 2.05 bits per heavy atom. The molecule has 1 rings (SSSR count). The maximum absolute atomic E-state index is 5.96. The van der Waals surface area contributed by atoms with Crippen molar-refractivity contribution in [3.05, 3.63) is 36.4 Å². The van der Waals surface area contributed by atoms with Crippen molar-refractivity contribution in [1.82, 2.24) is 5.32 Å². The van der Waals surface area contributed by atoms with Gasteiger partial charge in [0, 0.05) is 17.6 Å². The summed E-state index contributed by atoms with van der Waals surface area (Å²) in [5, 5.41) is 3.48. The molecule has 0 heterocycles. The first-order chi connectivity index (χ1) is 9.37. The summed E-state index contributed by atoms with van der Waals surface area (Å²) in [5.74, 6) is 1.59. The van der Waals surface area contributed by atoms with Crippen molar-refractivity contribution in [3.63, 3.8) is 0 Å². The highest BCUT2D eigenvalue weighted by Gasteiger charge is 2.15. The van der Waals surface area contributed by atoms with Gasteiger partial charge in [0.15, 0.2) is 11.5 Å². The molecule has 0 fully saturated rings. The Kier molecular flexibility index (Phi) is 6.08. The Hall–Kier alpha value is -1.48. The lowest BCUT2D eigenvalue weighted by Crippen LogP contribution is -2.35. The molecule has 0 amide bonds. The van der Waals surface area contributed by atoms with E-state index in [4.69, 9.17) is 9.47 Å². The number of benzene rings is 1. The van der Waals surface area contributed by atoms with E-state index in [1.54, 1.807) is 6.08 Å². The van der Waals surface area contributed by atoms with Crippen LogP contribution in [0.1, 0.15) is 40.2 Å². The highest BCUT2D eigenvalue weighted by Crippen LogP contribution is 2.32. The SMILES string of the molecule is C=CC(C)Oc1c(CNC(C)(C)C)cccc1OCC. The first-order valence-electron chi connectivity index (χ1n) is 7.16. The molecule has 20 heavy (non-hydrogen) atoms. The molecular formula is C17H27NO2. The van der Waals surface area contributed by atoms with Crippen LogP contribution in [0.25, 0.3) is 0 Å². The molecule has 0 saturated heterocycles. The molecule has 3 nitrogen and oxygen atoms in total. The normalized spacial score (nSPS) is 12.8. The summed E-state index contributed by atoms with van der Waals surface area (Å²) in [4.78, 5) is 0. The third-order valence-corrected chi connectivity index (χ3v) is 2.81. The van der Waals surface area contributed by atoms with E-state index in [-0.39, 0.29) is 11.6 Å². The minimum Gasteiger partial charge on any atom is -0.490 e. The van der Waals surface area contributed by atoms with Crippen LogP contribution in [-0.4, -0.2) is 18.2 Å². The average molecular weight is 277 g/mol. The molecule has 1 atom stereocenters. The Balaban J connectivity index is 3.01. The molecule has 0 aliphatic heterocycles. The Morgan fingerprint density at radius 1 is 1.35 bits per heavy atom. The van der Waals surface area contributed by atoms with Gasteiger partial charge in [-0.15, -0.1) is 0 Å². The second-order valence-electron chi connectivity index (χ2n) is 5.84. The van der Waals surface area contributed by atoms with E-state index in [0.29, 0.717) is 6.61 Å². The minimum absolute atomic E-state index is 0.0509. The first kappa shape index (κ1) is 16.6. The summed E-state index contributed by atoms with van der Waals surface area (Å²) in [5.41, 5.74) is 1.16. The topological polar surface area (TPSA) is 30.5 Å². The Morgan fingerprint density at radius 3 is 2.60 bits per heavy atom. The molecule has 0 aliphatic rings. The van der Waals surface area contributed by atoms with Crippen molar-refractivity contribution in [2.24, 2.45) is 0 Å². The second kappa shape index (κ2) is 7.34. The van der Waals surface area contributed by atoms with E-state index >= 15 is 0 Å². The molecule has 112 valence electrons. The zero-order chi connectivity index (χ0) is 15.2. The molecule has 0 bridgehead atoms. The monoisotopic (exact) mass is 277 g/mol. The molecule has 0 radical (unpaired) electrons. The quantitative estimate of drug-likeness (QED) is 0.766. The van der Waals surface area contributed by atoms with Gasteiger partial charge in [-0.05, 0) is 40.7 Å². The first-order valence-corrected chi connectivity index (χ1v) is 7.16. The molecule has 3 heteroatoms. The third-order valence-electron chi connectivity index (χ3n) is 2.81. The number of hydrogen-bond acceptors (Lipinski definition) is 3. The summed E-state index contributed by atoms with van der Waals surface area (Å²) >= 11 is 0. The number of rotatable bonds is 7. The van der Waals surface area contributed by atoms with Gasteiger partial charge in [0.2, 0.25) is 0 Å². The van der Waals surface area contributed by atoms with Crippen LogP contribution < -0.4 is 14.8 Å². The van der Waals surface area contributed by atoms with Crippen LogP contribution in [-0.2, 0) is 6.54 Å². The highest BCUT2D eigenvalue weighted by atomic mass is 16.5. The van der Waals surface area contributed by atoms with Crippen molar-refractivity contribution < 1.29 is 9.47 Å². The van der Waals surface area contributed by atoms with Gasteiger partial charge in [-0.25, -0.2) is 0 Å². The fourth-order valence-corrected chi connectivity index (χ4v) is 1.70. The van der Waals surface area contributed by atoms with E-state index in [0.717, 1.165) is 23.6 Å². The van der Waals surface area contributed by atoms with Crippen LogP contribution in [0.2, 0.25) is 0 Å². The number of nitrogens with one attached hydrogen (secondary N) is 1. The maximum atomic E-state index is 5.96. The van der Waals surface area contributed by atoms with E-state index in [9.17, 15) is 0 Å². The lowest BCUT2D eigenvalue weighted by Gasteiger charge is -2.23. The van der Waals surface area contributed by atoms with E-state index in [1.165, 1.54) is 0 Å². The van der Waals surface area contributed by atoms with E-state index in [1.807, 2.05) is 26.0 Å². The summed E-state index contributed by atoms with van der Waals surface area (Å²) in [7, 11) is 0. The number of ether oxygens (including phenoxy) is 2. The Labute approximate surface area is 123 Å². The van der Waals surface area contributed by atoms with Crippen LogP contribution in [0.4, 0.5) is 0 Å². The largest absolute Gasteiger partial charge is 0.490 e. The van der Waals surface area contributed by atoms with Crippen molar-refractivity contribution in [1.29, 1.82) is 0 Å². The molecule has 0 aliphatic carbocycles. The van der Waals surface area contributed by atoms with Crippen LogP contribution in [0.15, 0.2) is 30.9 Å². The summed E-state index contributed by atoms with van der Waals surface area (Å²) < 4.78 is 11.6. The van der Waals surface area contributed by atoms with Crippen LogP contribution in [0.3, 0.4) is 0 Å². The molecule has 1 unspecified atom stereocenters. The molecular weight excluding hydrogens is 250 g/mol. The highest BCUT2D eigenvalue weighted by molar-refractivity contribution is 5.47. The van der Waals surface area contributed by atoms with Crippen molar-refractivity contribution in [2.45, 2.75) is 52.8 Å². The molecule has 0 saturated carbocycles. The average Bonchev–Trinajstić information content (AvgIpc) is 2.38. The lowest BCUT2D eigenvalue weighted by molar-refractivity contribution is 0.241. The van der Waals surface area contributed by atoms with Crippen LogP contribution in [0, 0.1) is 0 Å². The van der Waals surface area contributed by atoms with Crippen molar-refractivity contribution in [2.75, 3.05) is 6.61 Å². The smallest absolute Gasteiger partial charge is 0.166 e. The summed E-state index contributed by atoms with van der Waals surface area (Å²) in [6, 6.07) is 6.00. The van der Waals surface area contributed by atoms with Gasteiger partial charge < -0.3 is 14.8 Å².